The lowest BCUT2D eigenvalue weighted by Gasteiger charge is -2.41. The topological polar surface area (TPSA) is 53.1 Å². The Balaban J connectivity index is 1.32. The van der Waals surface area contributed by atoms with Crippen LogP contribution in [0.5, 0.6) is 0 Å². The molecule has 1 unspecified atom stereocenters. The maximum Gasteiger partial charge on any atom is 0.228 e. The van der Waals surface area contributed by atoms with Gasteiger partial charge in [0.15, 0.2) is 0 Å². The van der Waals surface area contributed by atoms with Crippen LogP contribution in [0.15, 0.2) is 24.3 Å². The molecule has 1 aromatic rings. The summed E-state index contributed by atoms with van der Waals surface area (Å²) in [5.41, 5.74) is 2.16. The number of hydrogen-bond acceptors (Lipinski definition) is 4. The standard InChI is InChI=1S/C23H33N3O3/c1-17(2)18-3-5-21(6-4-18)26-16-19(15-22(26)27)23(28)25-11-9-24(10-12-25)20-7-13-29-14-8-20/h3-6,17,19-20H,7-16H2,1-2H3. The summed E-state index contributed by atoms with van der Waals surface area (Å²) in [6.45, 7) is 9.91. The molecule has 0 radical (unpaired) electrons. The fraction of sp³-hybridized carbons (Fsp3) is 0.652. The number of amides is 2. The Labute approximate surface area is 173 Å². The van der Waals surface area contributed by atoms with Gasteiger partial charge in [-0.05, 0) is 36.5 Å². The van der Waals surface area contributed by atoms with Crippen LogP contribution in [-0.4, -0.2) is 73.6 Å². The van der Waals surface area contributed by atoms with Crippen LogP contribution in [0.1, 0.15) is 44.6 Å². The highest BCUT2D eigenvalue weighted by molar-refractivity contribution is 6.00. The van der Waals surface area contributed by atoms with Crippen molar-refractivity contribution in [3.05, 3.63) is 29.8 Å². The highest BCUT2D eigenvalue weighted by atomic mass is 16.5. The van der Waals surface area contributed by atoms with E-state index in [1.54, 1.807) is 4.90 Å². The number of carbonyl (C=O) groups is 2. The van der Waals surface area contributed by atoms with E-state index in [0.717, 1.165) is 57.9 Å². The lowest BCUT2D eigenvalue weighted by molar-refractivity contribution is -0.138. The smallest absolute Gasteiger partial charge is 0.228 e. The lowest BCUT2D eigenvalue weighted by atomic mass is 10.0. The highest BCUT2D eigenvalue weighted by Gasteiger charge is 2.38. The van der Waals surface area contributed by atoms with E-state index in [-0.39, 0.29) is 17.7 Å². The van der Waals surface area contributed by atoms with E-state index in [4.69, 9.17) is 4.74 Å². The number of anilines is 1. The Morgan fingerprint density at radius 1 is 1.03 bits per heavy atom. The van der Waals surface area contributed by atoms with Crippen molar-refractivity contribution in [3.63, 3.8) is 0 Å². The number of benzene rings is 1. The molecule has 0 spiro atoms. The molecule has 29 heavy (non-hydrogen) atoms. The molecule has 3 aliphatic heterocycles. The Kier molecular flexibility index (Phi) is 6.20. The van der Waals surface area contributed by atoms with E-state index in [1.807, 2.05) is 17.0 Å². The van der Waals surface area contributed by atoms with Crippen LogP contribution in [0.4, 0.5) is 5.69 Å². The van der Waals surface area contributed by atoms with Crippen LogP contribution in [0.25, 0.3) is 0 Å². The van der Waals surface area contributed by atoms with Crippen molar-refractivity contribution in [1.82, 2.24) is 9.80 Å². The third kappa shape index (κ3) is 4.48. The normalized spacial score (nSPS) is 24.5. The first kappa shape index (κ1) is 20.4. The van der Waals surface area contributed by atoms with E-state index in [9.17, 15) is 9.59 Å². The zero-order chi connectivity index (χ0) is 20.4. The molecule has 3 fully saturated rings. The SMILES string of the molecule is CC(C)c1ccc(N2CC(C(=O)N3CCN(C4CCOCC4)CC3)CC2=O)cc1. The number of ether oxygens (including phenoxy) is 1. The fourth-order valence-corrected chi connectivity index (χ4v) is 4.78. The molecule has 3 aliphatic rings. The number of carbonyl (C=O) groups excluding carboxylic acids is 2. The van der Waals surface area contributed by atoms with Gasteiger partial charge in [-0.25, -0.2) is 0 Å². The van der Waals surface area contributed by atoms with E-state index in [2.05, 4.69) is 30.9 Å². The summed E-state index contributed by atoms with van der Waals surface area (Å²) >= 11 is 0. The molecule has 6 heteroatoms. The molecule has 3 saturated heterocycles. The van der Waals surface area contributed by atoms with Crippen LogP contribution >= 0.6 is 0 Å². The van der Waals surface area contributed by atoms with Gasteiger partial charge in [-0.1, -0.05) is 26.0 Å². The largest absolute Gasteiger partial charge is 0.381 e. The number of piperazine rings is 1. The van der Waals surface area contributed by atoms with Crippen LogP contribution in [0, 0.1) is 5.92 Å². The van der Waals surface area contributed by atoms with Gasteiger partial charge in [-0.2, -0.15) is 0 Å². The van der Waals surface area contributed by atoms with Gasteiger partial charge in [0.1, 0.15) is 0 Å². The third-order valence-corrected chi connectivity index (χ3v) is 6.68. The molecule has 0 aliphatic carbocycles. The quantitative estimate of drug-likeness (QED) is 0.781. The summed E-state index contributed by atoms with van der Waals surface area (Å²) in [5, 5.41) is 0. The molecule has 0 bridgehead atoms. The van der Waals surface area contributed by atoms with Gasteiger partial charge in [0.2, 0.25) is 11.8 Å². The zero-order valence-corrected chi connectivity index (χ0v) is 17.7. The van der Waals surface area contributed by atoms with Gasteiger partial charge in [0.25, 0.3) is 0 Å². The molecule has 3 heterocycles. The van der Waals surface area contributed by atoms with E-state index < -0.39 is 0 Å². The molecule has 1 atom stereocenters. The molecule has 0 N–H and O–H groups in total. The molecule has 0 saturated carbocycles. The zero-order valence-electron chi connectivity index (χ0n) is 17.7. The van der Waals surface area contributed by atoms with Gasteiger partial charge in [-0.15, -0.1) is 0 Å². The monoisotopic (exact) mass is 399 g/mol. The average molecular weight is 400 g/mol. The average Bonchev–Trinajstić information content (AvgIpc) is 3.15. The van der Waals surface area contributed by atoms with E-state index in [1.165, 1.54) is 5.56 Å². The summed E-state index contributed by atoms with van der Waals surface area (Å²) in [6, 6.07) is 8.77. The van der Waals surface area contributed by atoms with Crippen molar-refractivity contribution < 1.29 is 14.3 Å². The molecule has 4 rings (SSSR count). The van der Waals surface area contributed by atoms with Crippen molar-refractivity contribution in [2.45, 2.75) is 45.1 Å². The Hall–Kier alpha value is -1.92. The minimum Gasteiger partial charge on any atom is -0.381 e. The molecular formula is C23H33N3O3. The summed E-state index contributed by atoms with van der Waals surface area (Å²) < 4.78 is 5.46. The molecular weight excluding hydrogens is 366 g/mol. The first-order valence-electron chi connectivity index (χ1n) is 11.0. The second kappa shape index (κ2) is 8.84. The summed E-state index contributed by atoms with van der Waals surface area (Å²) in [5.74, 6) is 0.446. The molecule has 0 aromatic heterocycles. The van der Waals surface area contributed by atoms with Gasteiger partial charge in [0, 0.05) is 64.1 Å². The van der Waals surface area contributed by atoms with Gasteiger partial charge >= 0.3 is 0 Å². The van der Waals surface area contributed by atoms with Gasteiger partial charge < -0.3 is 14.5 Å². The summed E-state index contributed by atoms with van der Waals surface area (Å²) in [4.78, 5) is 31.9. The van der Waals surface area contributed by atoms with Crippen LogP contribution in [0.2, 0.25) is 0 Å². The predicted octanol–water partition coefficient (Wildman–Crippen LogP) is 2.49. The molecule has 158 valence electrons. The van der Waals surface area contributed by atoms with Crippen LogP contribution in [-0.2, 0) is 14.3 Å². The van der Waals surface area contributed by atoms with Gasteiger partial charge in [0.05, 0.1) is 5.92 Å². The maximum absolute atomic E-state index is 13.1. The molecule has 6 nitrogen and oxygen atoms in total. The highest BCUT2D eigenvalue weighted by Crippen LogP contribution is 2.28. The van der Waals surface area contributed by atoms with Crippen LogP contribution < -0.4 is 4.90 Å². The van der Waals surface area contributed by atoms with Gasteiger partial charge in [-0.3, -0.25) is 14.5 Å². The number of nitrogens with zero attached hydrogens (tertiary/aromatic N) is 3. The third-order valence-electron chi connectivity index (χ3n) is 6.68. The summed E-state index contributed by atoms with van der Waals surface area (Å²) in [7, 11) is 0. The number of hydrogen-bond donors (Lipinski definition) is 0. The first-order valence-corrected chi connectivity index (χ1v) is 11.0. The Bertz CT molecular complexity index is 719. The minimum atomic E-state index is -0.220. The van der Waals surface area contributed by atoms with Crippen molar-refractivity contribution in [2.75, 3.05) is 50.8 Å². The Morgan fingerprint density at radius 3 is 2.31 bits per heavy atom. The lowest BCUT2D eigenvalue weighted by Crippen LogP contribution is -2.54. The molecule has 2 amide bonds. The van der Waals surface area contributed by atoms with Crippen molar-refractivity contribution in [1.29, 1.82) is 0 Å². The van der Waals surface area contributed by atoms with E-state index in [0.29, 0.717) is 24.9 Å². The summed E-state index contributed by atoms with van der Waals surface area (Å²) in [6.07, 6.45) is 2.51. The number of rotatable bonds is 4. The Morgan fingerprint density at radius 2 is 1.69 bits per heavy atom. The van der Waals surface area contributed by atoms with Crippen molar-refractivity contribution in [2.24, 2.45) is 5.92 Å². The maximum atomic E-state index is 13.1. The van der Waals surface area contributed by atoms with Crippen molar-refractivity contribution >= 4 is 17.5 Å². The molecule has 1 aromatic carbocycles. The second-order valence-electron chi connectivity index (χ2n) is 8.86. The van der Waals surface area contributed by atoms with Crippen LogP contribution in [0.3, 0.4) is 0 Å². The van der Waals surface area contributed by atoms with E-state index >= 15 is 0 Å². The minimum absolute atomic E-state index is 0.0569. The van der Waals surface area contributed by atoms with Crippen molar-refractivity contribution in [3.8, 4) is 0 Å². The fourth-order valence-electron chi connectivity index (χ4n) is 4.78. The first-order chi connectivity index (χ1) is 14.0. The second-order valence-corrected chi connectivity index (χ2v) is 8.86. The predicted molar refractivity (Wildman–Crippen MR) is 113 cm³/mol.